The lowest BCUT2D eigenvalue weighted by atomic mass is 9.60. The number of hydrogen-bond donors (Lipinski definition) is 0. The molecule has 0 aliphatic heterocycles. The fourth-order valence-electron chi connectivity index (χ4n) is 4.65. The lowest BCUT2D eigenvalue weighted by molar-refractivity contribution is 0.725. The van der Waals surface area contributed by atoms with Gasteiger partial charge in [0.05, 0.1) is 0 Å². The molecule has 0 nitrogen and oxygen atoms in total. The highest BCUT2D eigenvalue weighted by Gasteiger charge is 2.44. The van der Waals surface area contributed by atoms with Gasteiger partial charge in [0.1, 0.15) is 0 Å². The van der Waals surface area contributed by atoms with Crippen molar-refractivity contribution in [2.75, 3.05) is 0 Å². The summed E-state index contributed by atoms with van der Waals surface area (Å²) in [5.74, 6) is 1.11. The molecule has 5 aliphatic carbocycles. The molecule has 96 valence electrons. The molecule has 0 saturated carbocycles. The van der Waals surface area contributed by atoms with Crippen LogP contribution in [0.2, 0.25) is 6.82 Å². The Labute approximate surface area is 120 Å². The van der Waals surface area contributed by atoms with E-state index in [1.165, 1.54) is 18.3 Å². The third-order valence-corrected chi connectivity index (χ3v) is 5.51. The largest absolute Gasteiger partial charge is 0.154 e. The van der Waals surface area contributed by atoms with Gasteiger partial charge in [-0.3, -0.25) is 0 Å². The molecule has 0 heterocycles. The summed E-state index contributed by atoms with van der Waals surface area (Å²) >= 11 is 0. The first-order chi connectivity index (χ1) is 9.88. The molecule has 0 amide bonds. The molecule has 0 atom stereocenters. The summed E-state index contributed by atoms with van der Waals surface area (Å²) in [7, 11) is 1.14. The third kappa shape index (κ3) is 1.15. The van der Waals surface area contributed by atoms with Crippen LogP contribution in [0.25, 0.3) is 0 Å². The zero-order valence-electron chi connectivity index (χ0n) is 11.8. The zero-order valence-corrected chi connectivity index (χ0v) is 11.8. The number of rotatable bonds is 1. The molecule has 0 unspecified atom stereocenters. The van der Waals surface area contributed by atoms with Crippen molar-refractivity contribution in [3.63, 3.8) is 0 Å². The van der Waals surface area contributed by atoms with E-state index in [0.29, 0.717) is 11.8 Å². The molecule has 0 aromatic heterocycles. The predicted molar refractivity (Wildman–Crippen MR) is 86.1 cm³/mol. The summed E-state index contributed by atoms with van der Waals surface area (Å²) in [5, 5.41) is 0. The van der Waals surface area contributed by atoms with Gasteiger partial charge in [-0.15, -0.1) is 0 Å². The quantitative estimate of drug-likeness (QED) is 0.674. The first-order valence-electron chi connectivity index (χ1n) is 7.80. The van der Waals surface area contributed by atoms with Crippen molar-refractivity contribution in [3.05, 3.63) is 75.9 Å². The van der Waals surface area contributed by atoms with Crippen LogP contribution in [0, 0.1) is 0 Å². The highest BCUT2D eigenvalue weighted by Crippen LogP contribution is 2.60. The summed E-state index contributed by atoms with van der Waals surface area (Å²) in [6.07, 6.45) is 11.8. The van der Waals surface area contributed by atoms with Crippen molar-refractivity contribution in [3.8, 4) is 0 Å². The topological polar surface area (TPSA) is 0 Å². The minimum absolute atomic E-state index is 0.531. The fourth-order valence-corrected chi connectivity index (χ4v) is 4.65. The SMILES string of the molecule is CBc1ccc2c(c1)C1C3=C(C=CC3)C2C2=C1CC=C2. The second-order valence-electron chi connectivity index (χ2n) is 6.36. The van der Waals surface area contributed by atoms with Gasteiger partial charge in [-0.2, -0.15) is 0 Å². The molecule has 0 N–H and O–H groups in total. The molecular formula is C19H17B. The molecule has 0 saturated heterocycles. The molecule has 1 aromatic rings. The van der Waals surface area contributed by atoms with E-state index >= 15 is 0 Å². The summed E-state index contributed by atoms with van der Waals surface area (Å²) in [6, 6.07) is 7.21. The van der Waals surface area contributed by atoms with Crippen LogP contribution in [-0.4, -0.2) is 7.28 Å². The van der Waals surface area contributed by atoms with E-state index in [4.69, 9.17) is 0 Å². The maximum Gasteiger partial charge on any atom is 0.154 e. The maximum absolute atomic E-state index is 2.48. The van der Waals surface area contributed by atoms with E-state index in [2.05, 4.69) is 49.3 Å². The summed E-state index contributed by atoms with van der Waals surface area (Å²) in [5.41, 5.74) is 11.3. The minimum Gasteiger partial charge on any atom is -0.0849 e. The van der Waals surface area contributed by atoms with Crippen molar-refractivity contribution < 1.29 is 0 Å². The van der Waals surface area contributed by atoms with Gasteiger partial charge in [0.15, 0.2) is 7.28 Å². The van der Waals surface area contributed by atoms with Crippen LogP contribution in [-0.2, 0) is 0 Å². The Hall–Kier alpha value is -1.76. The normalized spacial score (nSPS) is 28.1. The van der Waals surface area contributed by atoms with Gasteiger partial charge in [-0.1, -0.05) is 65.9 Å². The van der Waals surface area contributed by atoms with E-state index in [-0.39, 0.29) is 0 Å². The van der Waals surface area contributed by atoms with E-state index in [0.717, 1.165) is 7.28 Å². The number of allylic oxidation sites excluding steroid dienone is 8. The zero-order chi connectivity index (χ0) is 13.3. The first kappa shape index (κ1) is 11.0. The van der Waals surface area contributed by atoms with Crippen LogP contribution in [0.4, 0.5) is 0 Å². The average molecular weight is 256 g/mol. The van der Waals surface area contributed by atoms with Gasteiger partial charge in [-0.05, 0) is 35.1 Å². The monoisotopic (exact) mass is 256 g/mol. The standard InChI is InChI=1S/C19H17B/c1-20-11-8-9-16-17(10-11)19-14-6-2-4-12(14)18(16)13-5-3-7-15(13)19/h2-5,8-10,18-20H,6-7H2,1H3. The predicted octanol–water partition coefficient (Wildman–Crippen LogP) is 3.50. The number of hydrogen-bond acceptors (Lipinski definition) is 0. The van der Waals surface area contributed by atoms with E-state index in [1.807, 2.05) is 0 Å². The third-order valence-electron chi connectivity index (χ3n) is 5.51. The van der Waals surface area contributed by atoms with Crippen LogP contribution < -0.4 is 5.46 Å². The van der Waals surface area contributed by atoms with Gasteiger partial charge in [0.25, 0.3) is 0 Å². The van der Waals surface area contributed by atoms with Crippen molar-refractivity contribution in [1.29, 1.82) is 0 Å². The van der Waals surface area contributed by atoms with Crippen LogP contribution in [0.1, 0.15) is 35.8 Å². The van der Waals surface area contributed by atoms with E-state index in [9.17, 15) is 0 Å². The summed E-state index contributed by atoms with van der Waals surface area (Å²) < 4.78 is 0. The van der Waals surface area contributed by atoms with Crippen LogP contribution in [0.3, 0.4) is 0 Å². The molecule has 1 aromatic carbocycles. The Morgan fingerprint density at radius 1 is 0.900 bits per heavy atom. The van der Waals surface area contributed by atoms with E-state index < -0.39 is 0 Å². The summed E-state index contributed by atoms with van der Waals surface area (Å²) in [4.78, 5) is 0. The van der Waals surface area contributed by atoms with Gasteiger partial charge in [0.2, 0.25) is 0 Å². The molecule has 0 spiro atoms. The lowest BCUT2D eigenvalue weighted by Gasteiger charge is -2.41. The Morgan fingerprint density at radius 3 is 2.25 bits per heavy atom. The van der Waals surface area contributed by atoms with Crippen molar-refractivity contribution in [2.24, 2.45) is 0 Å². The first-order valence-corrected chi connectivity index (χ1v) is 7.80. The van der Waals surface area contributed by atoms with Crippen LogP contribution >= 0.6 is 0 Å². The average Bonchev–Trinajstić information content (AvgIpc) is 3.15. The molecule has 5 aliphatic rings. The lowest BCUT2D eigenvalue weighted by Crippen LogP contribution is -2.27. The minimum atomic E-state index is 0.531. The summed E-state index contributed by atoms with van der Waals surface area (Å²) in [6.45, 7) is 2.26. The van der Waals surface area contributed by atoms with Crippen molar-refractivity contribution in [2.45, 2.75) is 31.5 Å². The second-order valence-corrected chi connectivity index (χ2v) is 6.36. The Balaban J connectivity index is 1.79. The Morgan fingerprint density at radius 2 is 1.60 bits per heavy atom. The second kappa shape index (κ2) is 3.66. The van der Waals surface area contributed by atoms with Crippen LogP contribution in [0.5, 0.6) is 0 Å². The Bertz CT molecular complexity index is 720. The van der Waals surface area contributed by atoms with Crippen molar-refractivity contribution >= 4 is 12.7 Å². The highest BCUT2D eigenvalue weighted by molar-refractivity contribution is 6.51. The molecular weight excluding hydrogens is 239 g/mol. The molecule has 20 heavy (non-hydrogen) atoms. The van der Waals surface area contributed by atoms with Gasteiger partial charge >= 0.3 is 0 Å². The highest BCUT2D eigenvalue weighted by atomic mass is 14.5. The molecule has 1 heteroatoms. The molecule has 0 fully saturated rings. The molecule has 6 rings (SSSR count). The Kier molecular flexibility index (Phi) is 2.01. The molecule has 0 radical (unpaired) electrons. The fraction of sp³-hybridized carbons (Fsp3) is 0.263. The van der Waals surface area contributed by atoms with Gasteiger partial charge < -0.3 is 0 Å². The van der Waals surface area contributed by atoms with Gasteiger partial charge in [-0.25, -0.2) is 0 Å². The number of benzene rings is 1. The van der Waals surface area contributed by atoms with E-state index in [1.54, 1.807) is 33.4 Å². The van der Waals surface area contributed by atoms with Crippen molar-refractivity contribution in [1.82, 2.24) is 0 Å². The van der Waals surface area contributed by atoms with Crippen LogP contribution in [0.15, 0.2) is 64.8 Å². The molecule has 2 bridgehead atoms. The van der Waals surface area contributed by atoms with Gasteiger partial charge in [0, 0.05) is 11.8 Å². The maximum atomic E-state index is 2.48. The smallest absolute Gasteiger partial charge is 0.0849 e.